The van der Waals surface area contributed by atoms with Crippen molar-refractivity contribution in [1.29, 1.82) is 0 Å². The topological polar surface area (TPSA) is 64.2 Å². The molecule has 6 nitrogen and oxygen atoms in total. The zero-order valence-corrected chi connectivity index (χ0v) is 17.5. The summed E-state index contributed by atoms with van der Waals surface area (Å²) in [6.07, 6.45) is 6.01. The Balaban J connectivity index is 1.45. The van der Waals surface area contributed by atoms with Gasteiger partial charge in [0, 0.05) is 36.8 Å². The van der Waals surface area contributed by atoms with Crippen molar-refractivity contribution in [3.05, 3.63) is 70.7 Å². The van der Waals surface area contributed by atoms with Crippen LogP contribution in [0.15, 0.2) is 47.1 Å². The lowest BCUT2D eigenvalue weighted by Crippen LogP contribution is -2.40. The van der Waals surface area contributed by atoms with Crippen molar-refractivity contribution in [2.45, 2.75) is 45.1 Å². The van der Waals surface area contributed by atoms with Gasteiger partial charge in [0.2, 0.25) is 0 Å². The summed E-state index contributed by atoms with van der Waals surface area (Å²) < 4.78 is 7.82. The Morgan fingerprint density at radius 1 is 1.34 bits per heavy atom. The Labute approximate surface area is 175 Å². The van der Waals surface area contributed by atoms with E-state index < -0.39 is 0 Å². The second-order valence-corrected chi connectivity index (χ2v) is 8.25. The van der Waals surface area contributed by atoms with E-state index in [0.29, 0.717) is 29.6 Å². The number of carbonyl (C=O) groups excluding carboxylic acids is 1. The number of amides is 1. The van der Waals surface area contributed by atoms with Crippen molar-refractivity contribution in [2.24, 2.45) is 0 Å². The van der Waals surface area contributed by atoms with Gasteiger partial charge < -0.3 is 9.32 Å². The minimum Gasteiger partial charge on any atom is -0.445 e. The first kappa shape index (κ1) is 19.7. The summed E-state index contributed by atoms with van der Waals surface area (Å²) in [5, 5.41) is 5.00. The summed E-state index contributed by atoms with van der Waals surface area (Å²) in [5.74, 6) is 1.64. The van der Waals surface area contributed by atoms with Crippen LogP contribution < -0.4 is 0 Å². The largest absolute Gasteiger partial charge is 0.445 e. The average molecular weight is 413 g/mol. The number of nitrogens with zero attached hydrogens (tertiary/aromatic N) is 4. The lowest BCUT2D eigenvalue weighted by Gasteiger charge is -2.31. The Morgan fingerprint density at radius 2 is 2.21 bits per heavy atom. The van der Waals surface area contributed by atoms with Crippen molar-refractivity contribution in [3.63, 3.8) is 0 Å². The first-order valence-corrected chi connectivity index (χ1v) is 10.4. The fourth-order valence-electron chi connectivity index (χ4n) is 3.86. The molecule has 29 heavy (non-hydrogen) atoms. The van der Waals surface area contributed by atoms with Crippen LogP contribution >= 0.6 is 11.6 Å². The highest BCUT2D eigenvalue weighted by molar-refractivity contribution is 6.30. The Kier molecular flexibility index (Phi) is 5.72. The number of hydrogen-bond donors (Lipinski definition) is 0. The molecular weight excluding hydrogens is 388 g/mol. The van der Waals surface area contributed by atoms with Gasteiger partial charge in [0.15, 0.2) is 5.89 Å². The SMILES string of the molecule is CC(C)n1nccc1C(=O)N1CCC[C@H](c2ncc(Cc3cccc(Cl)c3)o2)C1. The van der Waals surface area contributed by atoms with E-state index in [4.69, 9.17) is 16.0 Å². The second-order valence-electron chi connectivity index (χ2n) is 7.82. The maximum Gasteiger partial charge on any atom is 0.272 e. The van der Waals surface area contributed by atoms with Gasteiger partial charge in [0.1, 0.15) is 11.5 Å². The summed E-state index contributed by atoms with van der Waals surface area (Å²) in [4.78, 5) is 19.4. The summed E-state index contributed by atoms with van der Waals surface area (Å²) >= 11 is 6.07. The number of halogens is 1. The number of hydrogen-bond acceptors (Lipinski definition) is 4. The lowest BCUT2D eigenvalue weighted by atomic mass is 9.97. The van der Waals surface area contributed by atoms with E-state index in [-0.39, 0.29) is 17.9 Å². The van der Waals surface area contributed by atoms with E-state index in [1.54, 1.807) is 23.1 Å². The molecule has 152 valence electrons. The molecule has 1 atom stereocenters. The molecule has 3 aromatic rings. The van der Waals surface area contributed by atoms with Crippen LogP contribution in [0.25, 0.3) is 0 Å². The predicted molar refractivity (Wildman–Crippen MR) is 111 cm³/mol. The molecule has 1 saturated heterocycles. The zero-order chi connectivity index (χ0) is 20.4. The molecule has 0 aliphatic carbocycles. The van der Waals surface area contributed by atoms with E-state index in [2.05, 4.69) is 10.1 Å². The monoisotopic (exact) mass is 412 g/mol. The quantitative estimate of drug-likeness (QED) is 0.608. The minimum atomic E-state index is 0.0200. The highest BCUT2D eigenvalue weighted by Gasteiger charge is 2.30. The number of rotatable bonds is 5. The van der Waals surface area contributed by atoms with Crippen LogP contribution in [-0.4, -0.2) is 38.7 Å². The van der Waals surface area contributed by atoms with Gasteiger partial charge >= 0.3 is 0 Å². The smallest absolute Gasteiger partial charge is 0.272 e. The highest BCUT2D eigenvalue weighted by Crippen LogP contribution is 2.28. The number of oxazole rings is 1. The van der Waals surface area contributed by atoms with Crippen molar-refractivity contribution >= 4 is 17.5 Å². The van der Waals surface area contributed by atoms with E-state index in [0.717, 1.165) is 30.7 Å². The molecule has 0 N–H and O–H groups in total. The lowest BCUT2D eigenvalue weighted by molar-refractivity contribution is 0.0683. The van der Waals surface area contributed by atoms with E-state index in [1.165, 1.54) is 0 Å². The molecule has 2 aromatic heterocycles. The van der Waals surface area contributed by atoms with Crippen LogP contribution in [-0.2, 0) is 6.42 Å². The van der Waals surface area contributed by atoms with Gasteiger partial charge in [-0.1, -0.05) is 23.7 Å². The zero-order valence-electron chi connectivity index (χ0n) is 16.7. The summed E-state index contributed by atoms with van der Waals surface area (Å²) in [7, 11) is 0. The molecule has 1 aromatic carbocycles. The summed E-state index contributed by atoms with van der Waals surface area (Å²) in [6.45, 7) is 5.40. The van der Waals surface area contributed by atoms with Crippen LogP contribution in [0.3, 0.4) is 0 Å². The standard InChI is InChI=1S/C22H25ClN4O2/c1-15(2)27-20(8-9-25-27)22(28)26-10-4-6-17(14-26)21-24-13-19(29-21)12-16-5-3-7-18(23)11-16/h3,5,7-9,11,13,15,17H,4,6,10,12,14H2,1-2H3/t17-/m0/s1. The molecule has 0 bridgehead atoms. The molecule has 3 heterocycles. The van der Waals surface area contributed by atoms with Crippen molar-refractivity contribution < 1.29 is 9.21 Å². The first-order chi connectivity index (χ1) is 14.0. The van der Waals surface area contributed by atoms with Gasteiger partial charge in [-0.25, -0.2) is 4.98 Å². The number of benzene rings is 1. The van der Waals surface area contributed by atoms with Crippen LogP contribution in [0, 0.1) is 0 Å². The van der Waals surface area contributed by atoms with Crippen LogP contribution in [0.4, 0.5) is 0 Å². The normalized spacial score (nSPS) is 17.1. The molecule has 1 aliphatic heterocycles. The summed E-state index contributed by atoms with van der Waals surface area (Å²) in [6, 6.07) is 9.68. The van der Waals surface area contributed by atoms with E-state index >= 15 is 0 Å². The maximum atomic E-state index is 13.0. The summed E-state index contributed by atoms with van der Waals surface area (Å²) in [5.41, 5.74) is 1.72. The minimum absolute atomic E-state index is 0.0200. The second kappa shape index (κ2) is 8.41. The number of carbonyl (C=O) groups is 1. The molecule has 1 amide bonds. The molecule has 0 spiro atoms. The molecule has 0 radical (unpaired) electrons. The number of likely N-dealkylation sites (tertiary alicyclic amines) is 1. The third-order valence-electron chi connectivity index (χ3n) is 5.28. The number of piperidine rings is 1. The molecule has 4 rings (SSSR count). The predicted octanol–water partition coefficient (Wildman–Crippen LogP) is 4.72. The fraction of sp³-hybridized carbons (Fsp3) is 0.409. The maximum absolute atomic E-state index is 13.0. The van der Waals surface area contributed by atoms with Crippen LogP contribution in [0.2, 0.25) is 5.02 Å². The van der Waals surface area contributed by atoms with Crippen molar-refractivity contribution in [2.75, 3.05) is 13.1 Å². The van der Waals surface area contributed by atoms with Crippen LogP contribution in [0.5, 0.6) is 0 Å². The van der Waals surface area contributed by atoms with E-state index in [1.807, 2.05) is 43.0 Å². The van der Waals surface area contributed by atoms with Gasteiger partial charge in [-0.05, 0) is 50.5 Å². The van der Waals surface area contributed by atoms with Gasteiger partial charge in [-0.3, -0.25) is 9.48 Å². The third-order valence-corrected chi connectivity index (χ3v) is 5.51. The average Bonchev–Trinajstić information content (AvgIpc) is 3.37. The first-order valence-electron chi connectivity index (χ1n) is 10.0. The molecule has 1 aliphatic rings. The van der Waals surface area contributed by atoms with Crippen molar-refractivity contribution in [1.82, 2.24) is 19.7 Å². The molecule has 1 fully saturated rings. The van der Waals surface area contributed by atoms with Gasteiger partial charge in [0.05, 0.1) is 12.1 Å². The third kappa shape index (κ3) is 4.37. The van der Waals surface area contributed by atoms with E-state index in [9.17, 15) is 4.79 Å². The highest BCUT2D eigenvalue weighted by atomic mass is 35.5. The molecule has 0 saturated carbocycles. The Morgan fingerprint density at radius 3 is 3.00 bits per heavy atom. The van der Waals surface area contributed by atoms with Gasteiger partial charge in [-0.15, -0.1) is 0 Å². The fourth-order valence-corrected chi connectivity index (χ4v) is 4.07. The molecule has 0 unspecified atom stereocenters. The Hall–Kier alpha value is -2.60. The van der Waals surface area contributed by atoms with Crippen molar-refractivity contribution in [3.8, 4) is 0 Å². The van der Waals surface area contributed by atoms with Crippen LogP contribution in [0.1, 0.15) is 66.4 Å². The molecular formula is C22H25ClN4O2. The number of aromatic nitrogens is 3. The van der Waals surface area contributed by atoms with Gasteiger partial charge in [-0.2, -0.15) is 5.10 Å². The Bertz CT molecular complexity index is 994. The van der Waals surface area contributed by atoms with Gasteiger partial charge in [0.25, 0.3) is 5.91 Å². The molecule has 7 heteroatoms.